The zero-order valence-electron chi connectivity index (χ0n) is 16.7. The van der Waals surface area contributed by atoms with Crippen molar-refractivity contribution in [2.75, 3.05) is 10.6 Å². The van der Waals surface area contributed by atoms with E-state index in [0.29, 0.717) is 38.5 Å². The highest BCUT2D eigenvalue weighted by Crippen LogP contribution is 2.30. The van der Waals surface area contributed by atoms with Gasteiger partial charge in [-0.05, 0) is 61.1 Å². The minimum atomic E-state index is -0.0990. The van der Waals surface area contributed by atoms with Gasteiger partial charge < -0.3 is 10.6 Å². The molecule has 0 aliphatic heterocycles. The molecule has 3 rings (SSSR count). The van der Waals surface area contributed by atoms with Gasteiger partial charge in [-0.3, -0.25) is 9.59 Å². The number of hydrogen-bond donors (Lipinski definition) is 2. The first-order chi connectivity index (χ1) is 14.6. The molecule has 6 nitrogen and oxygen atoms in total. The number of nitrogens with one attached hydrogen (secondary N) is 2. The minimum Gasteiger partial charge on any atom is -0.326 e. The van der Waals surface area contributed by atoms with Gasteiger partial charge in [-0.1, -0.05) is 24.3 Å². The molecule has 2 aromatic carbocycles. The summed E-state index contributed by atoms with van der Waals surface area (Å²) in [7, 11) is 0. The molecule has 2 aromatic rings. The molecule has 152 valence electrons. The molecule has 0 radical (unpaired) electrons. The van der Waals surface area contributed by atoms with E-state index < -0.39 is 0 Å². The first kappa shape index (κ1) is 21.1. The molecule has 0 saturated heterocycles. The van der Waals surface area contributed by atoms with Crippen LogP contribution in [-0.2, 0) is 22.4 Å². The van der Waals surface area contributed by atoms with E-state index >= 15 is 0 Å². The second-order valence-corrected chi connectivity index (χ2v) is 7.59. The van der Waals surface area contributed by atoms with Gasteiger partial charge in [-0.25, -0.2) is 0 Å². The summed E-state index contributed by atoms with van der Waals surface area (Å²) in [4.78, 5) is 25.1. The van der Waals surface area contributed by atoms with Crippen molar-refractivity contribution >= 4 is 23.2 Å². The Morgan fingerprint density at radius 1 is 0.700 bits per heavy atom. The Morgan fingerprint density at radius 2 is 1.03 bits per heavy atom. The van der Waals surface area contributed by atoms with Gasteiger partial charge in [0.05, 0.1) is 25.0 Å². The van der Waals surface area contributed by atoms with Crippen molar-refractivity contribution < 1.29 is 9.59 Å². The lowest BCUT2D eigenvalue weighted by Gasteiger charge is -2.27. The molecule has 1 fully saturated rings. The van der Waals surface area contributed by atoms with Gasteiger partial charge in [0.1, 0.15) is 0 Å². The Labute approximate surface area is 176 Å². The lowest BCUT2D eigenvalue weighted by Crippen LogP contribution is -2.32. The molecule has 2 N–H and O–H groups in total. The molecule has 1 aliphatic rings. The fraction of sp³-hybridized carbons (Fsp3) is 0.333. The third-order valence-corrected chi connectivity index (χ3v) is 5.48. The normalized spacial score (nSPS) is 17.9. The van der Waals surface area contributed by atoms with Crippen LogP contribution in [0.4, 0.5) is 11.4 Å². The van der Waals surface area contributed by atoms with E-state index in [2.05, 4.69) is 22.8 Å². The number of anilines is 2. The molecule has 6 heteroatoms. The van der Waals surface area contributed by atoms with Crippen LogP contribution in [0.2, 0.25) is 0 Å². The summed E-state index contributed by atoms with van der Waals surface area (Å²) in [5.74, 6) is -0.235. The van der Waals surface area contributed by atoms with Crippen molar-refractivity contribution in [1.29, 1.82) is 10.5 Å². The zero-order chi connectivity index (χ0) is 21.3. The van der Waals surface area contributed by atoms with Crippen LogP contribution in [0.1, 0.15) is 36.8 Å². The maximum atomic E-state index is 12.5. The lowest BCUT2D eigenvalue weighted by atomic mass is 9.81. The third-order valence-electron chi connectivity index (χ3n) is 5.48. The summed E-state index contributed by atoms with van der Waals surface area (Å²) in [6.07, 6.45) is 3.42. The van der Waals surface area contributed by atoms with Crippen LogP contribution in [0.5, 0.6) is 0 Å². The van der Waals surface area contributed by atoms with Gasteiger partial charge in [-0.2, -0.15) is 10.5 Å². The Bertz CT molecular complexity index is 879. The second kappa shape index (κ2) is 10.2. The highest BCUT2D eigenvalue weighted by molar-refractivity contribution is 5.94. The summed E-state index contributed by atoms with van der Waals surface area (Å²) in [6, 6.07) is 18.8. The van der Waals surface area contributed by atoms with E-state index in [9.17, 15) is 9.59 Å². The third kappa shape index (κ3) is 5.68. The van der Waals surface area contributed by atoms with Crippen LogP contribution in [0.15, 0.2) is 48.5 Å². The van der Waals surface area contributed by atoms with Crippen LogP contribution in [-0.4, -0.2) is 11.8 Å². The molecule has 0 spiro atoms. The summed E-state index contributed by atoms with van der Waals surface area (Å²) in [5, 5.41) is 23.3. The minimum absolute atomic E-state index is 0.0185. The number of hydrogen-bond acceptors (Lipinski definition) is 4. The smallest absolute Gasteiger partial charge is 0.227 e. The van der Waals surface area contributed by atoms with Crippen LogP contribution >= 0.6 is 0 Å². The average Bonchev–Trinajstić information content (AvgIpc) is 2.77. The van der Waals surface area contributed by atoms with Crippen molar-refractivity contribution in [3.8, 4) is 12.1 Å². The highest BCUT2D eigenvalue weighted by Gasteiger charge is 2.30. The van der Waals surface area contributed by atoms with E-state index in [4.69, 9.17) is 10.5 Å². The zero-order valence-corrected chi connectivity index (χ0v) is 16.7. The van der Waals surface area contributed by atoms with E-state index in [1.54, 1.807) is 0 Å². The largest absolute Gasteiger partial charge is 0.326 e. The van der Waals surface area contributed by atoms with Crippen molar-refractivity contribution in [3.05, 3.63) is 59.7 Å². The monoisotopic (exact) mass is 400 g/mol. The molecule has 0 atom stereocenters. The number of rotatable bonds is 6. The number of amides is 2. The van der Waals surface area contributed by atoms with E-state index in [1.165, 1.54) is 0 Å². The first-order valence-corrected chi connectivity index (χ1v) is 10.1. The van der Waals surface area contributed by atoms with Gasteiger partial charge in [0, 0.05) is 23.2 Å². The molecule has 0 heterocycles. The lowest BCUT2D eigenvalue weighted by molar-refractivity contribution is -0.125. The fourth-order valence-electron chi connectivity index (χ4n) is 3.70. The Kier molecular flexibility index (Phi) is 7.19. The van der Waals surface area contributed by atoms with E-state index in [0.717, 1.165) is 22.5 Å². The van der Waals surface area contributed by atoms with Crippen molar-refractivity contribution in [3.63, 3.8) is 0 Å². The quantitative estimate of drug-likeness (QED) is 0.758. The summed E-state index contributed by atoms with van der Waals surface area (Å²) in [6.45, 7) is 0. The van der Waals surface area contributed by atoms with Crippen LogP contribution < -0.4 is 10.6 Å². The number of nitrogens with zero attached hydrogens (tertiary/aromatic N) is 2. The Hall–Kier alpha value is -3.64. The Balaban J connectivity index is 1.46. The number of benzene rings is 2. The van der Waals surface area contributed by atoms with E-state index in [-0.39, 0.29) is 23.7 Å². The number of carbonyl (C=O) groups is 2. The summed E-state index contributed by atoms with van der Waals surface area (Å²) >= 11 is 0. The standard InChI is InChI=1S/C24H24N4O2/c25-15-13-17-1-9-21(10-2-17)27-23(29)19-5-7-20(8-6-19)24(30)28-22-11-3-18(4-12-22)14-16-26/h1-4,9-12,19-20H,5-8,13-14H2,(H,27,29)(H,28,30). The molecule has 0 unspecified atom stereocenters. The van der Waals surface area contributed by atoms with Gasteiger partial charge in [-0.15, -0.1) is 0 Å². The second-order valence-electron chi connectivity index (χ2n) is 7.59. The molecular weight excluding hydrogens is 376 g/mol. The first-order valence-electron chi connectivity index (χ1n) is 10.1. The molecular formula is C24H24N4O2. The molecule has 30 heavy (non-hydrogen) atoms. The number of nitriles is 2. The summed E-state index contributed by atoms with van der Waals surface area (Å²) in [5.41, 5.74) is 3.28. The van der Waals surface area contributed by atoms with Crippen LogP contribution in [0.25, 0.3) is 0 Å². The topological polar surface area (TPSA) is 106 Å². The predicted molar refractivity (Wildman–Crippen MR) is 114 cm³/mol. The molecule has 1 aliphatic carbocycles. The molecule has 2 amide bonds. The maximum absolute atomic E-state index is 12.5. The van der Waals surface area contributed by atoms with Crippen LogP contribution in [0, 0.1) is 34.5 Å². The van der Waals surface area contributed by atoms with Gasteiger partial charge in [0.2, 0.25) is 11.8 Å². The Morgan fingerprint density at radius 3 is 1.33 bits per heavy atom. The highest BCUT2D eigenvalue weighted by atomic mass is 16.2. The van der Waals surface area contributed by atoms with Gasteiger partial charge in [0.15, 0.2) is 0 Å². The van der Waals surface area contributed by atoms with Crippen molar-refractivity contribution in [1.82, 2.24) is 0 Å². The van der Waals surface area contributed by atoms with Gasteiger partial charge in [0.25, 0.3) is 0 Å². The molecule has 0 bridgehead atoms. The summed E-state index contributed by atoms with van der Waals surface area (Å²) < 4.78 is 0. The fourth-order valence-corrected chi connectivity index (χ4v) is 3.70. The number of carbonyl (C=O) groups excluding carboxylic acids is 2. The van der Waals surface area contributed by atoms with Crippen molar-refractivity contribution in [2.24, 2.45) is 11.8 Å². The van der Waals surface area contributed by atoms with Crippen molar-refractivity contribution in [2.45, 2.75) is 38.5 Å². The predicted octanol–water partition coefficient (Wildman–Crippen LogP) is 4.20. The molecule has 1 saturated carbocycles. The van der Waals surface area contributed by atoms with Gasteiger partial charge >= 0.3 is 0 Å². The van der Waals surface area contributed by atoms with Crippen LogP contribution in [0.3, 0.4) is 0 Å². The SMILES string of the molecule is N#CCc1ccc(NC(=O)C2CCC(C(=O)Nc3ccc(CC#N)cc3)CC2)cc1. The molecule has 0 aromatic heterocycles. The average molecular weight is 400 g/mol. The maximum Gasteiger partial charge on any atom is 0.227 e. The van der Waals surface area contributed by atoms with E-state index in [1.807, 2.05) is 48.5 Å².